The van der Waals surface area contributed by atoms with Gasteiger partial charge in [0, 0.05) is 24.5 Å². The smallest absolute Gasteiger partial charge is 0.223 e. The van der Waals surface area contributed by atoms with Crippen molar-refractivity contribution < 1.29 is 14.6 Å². The van der Waals surface area contributed by atoms with Crippen molar-refractivity contribution in [1.82, 2.24) is 19.7 Å². The lowest BCUT2D eigenvalue weighted by atomic mass is 9.97. The Morgan fingerprint density at radius 2 is 2.24 bits per heavy atom. The zero-order chi connectivity index (χ0) is 17.6. The quantitative estimate of drug-likeness (QED) is 0.843. The largest absolute Gasteiger partial charge is 0.394 e. The van der Waals surface area contributed by atoms with Crippen LogP contribution < -0.4 is 0 Å². The van der Waals surface area contributed by atoms with Gasteiger partial charge < -0.3 is 14.7 Å². The summed E-state index contributed by atoms with van der Waals surface area (Å²) in [7, 11) is 0. The average Bonchev–Trinajstić information content (AvgIpc) is 3.15. The second-order valence-electron chi connectivity index (χ2n) is 5.91. The molecule has 2 aromatic rings. The van der Waals surface area contributed by atoms with E-state index >= 15 is 0 Å². The van der Waals surface area contributed by atoms with Crippen molar-refractivity contribution in [1.29, 1.82) is 0 Å². The number of carbonyl (C=O) groups excluding carboxylic acids is 1. The number of aliphatic hydroxyl groups is 1. The molecular formula is C17H21ClN4O3. The zero-order valence-electron chi connectivity index (χ0n) is 13.8. The minimum Gasteiger partial charge on any atom is -0.394 e. The Balaban J connectivity index is 1.72. The molecule has 1 aliphatic rings. The molecule has 134 valence electrons. The number of hydrogen-bond acceptors (Lipinski definition) is 5. The number of nitrogens with zero attached hydrogens (tertiary/aromatic N) is 4. The number of aromatic nitrogens is 3. The summed E-state index contributed by atoms with van der Waals surface area (Å²) in [5, 5.41) is 14.3. The molecule has 1 N–H and O–H groups in total. The fourth-order valence-corrected chi connectivity index (χ4v) is 3.38. The first-order chi connectivity index (χ1) is 12.2. The third-order valence-corrected chi connectivity index (χ3v) is 4.66. The van der Waals surface area contributed by atoms with Crippen LogP contribution in [0.2, 0.25) is 5.02 Å². The number of aliphatic hydroxyl groups excluding tert-OH is 1. The highest BCUT2D eigenvalue weighted by molar-refractivity contribution is 6.31. The van der Waals surface area contributed by atoms with E-state index in [9.17, 15) is 9.90 Å². The molecule has 1 amide bonds. The normalized spacial score (nSPS) is 20.6. The van der Waals surface area contributed by atoms with E-state index < -0.39 is 6.10 Å². The van der Waals surface area contributed by atoms with Crippen LogP contribution in [0.1, 0.15) is 24.4 Å². The molecule has 1 aromatic heterocycles. The van der Waals surface area contributed by atoms with Crippen molar-refractivity contribution in [3.05, 3.63) is 47.5 Å². The number of morpholine rings is 1. The Bertz CT molecular complexity index is 695. The van der Waals surface area contributed by atoms with E-state index in [-0.39, 0.29) is 18.6 Å². The van der Waals surface area contributed by atoms with E-state index in [0.29, 0.717) is 37.6 Å². The van der Waals surface area contributed by atoms with Gasteiger partial charge in [-0.1, -0.05) is 29.8 Å². The molecular weight excluding hydrogens is 344 g/mol. The van der Waals surface area contributed by atoms with Crippen LogP contribution in [0, 0.1) is 0 Å². The van der Waals surface area contributed by atoms with Gasteiger partial charge in [0.2, 0.25) is 5.91 Å². The van der Waals surface area contributed by atoms with Gasteiger partial charge in [-0.25, -0.2) is 4.98 Å². The van der Waals surface area contributed by atoms with Crippen molar-refractivity contribution in [3.8, 4) is 0 Å². The molecule has 7 nitrogen and oxygen atoms in total. The predicted octanol–water partition coefficient (Wildman–Crippen LogP) is 1.67. The number of hydrogen-bond donors (Lipinski definition) is 1. The number of rotatable bonds is 6. The van der Waals surface area contributed by atoms with Crippen molar-refractivity contribution in [2.75, 3.05) is 19.8 Å². The SMILES string of the molecule is O=C(CCCn1cncn1)N1CCO[C@@H](CO)[C@@H]1c1ccccc1Cl. The molecule has 2 heterocycles. The minimum atomic E-state index is -0.479. The van der Waals surface area contributed by atoms with Gasteiger partial charge in [-0.15, -0.1) is 0 Å². The molecule has 0 bridgehead atoms. The lowest BCUT2D eigenvalue weighted by Crippen LogP contribution is -2.49. The van der Waals surface area contributed by atoms with E-state index in [2.05, 4.69) is 10.1 Å². The Morgan fingerprint density at radius 3 is 2.96 bits per heavy atom. The second-order valence-corrected chi connectivity index (χ2v) is 6.31. The van der Waals surface area contributed by atoms with Gasteiger partial charge in [0.15, 0.2) is 0 Å². The van der Waals surface area contributed by atoms with Gasteiger partial charge in [0.1, 0.15) is 18.8 Å². The lowest BCUT2D eigenvalue weighted by Gasteiger charge is -2.41. The Hall–Kier alpha value is -1.96. The first-order valence-corrected chi connectivity index (χ1v) is 8.67. The average molecular weight is 365 g/mol. The van der Waals surface area contributed by atoms with Crippen LogP contribution in [-0.2, 0) is 16.1 Å². The highest BCUT2D eigenvalue weighted by atomic mass is 35.5. The van der Waals surface area contributed by atoms with Crippen molar-refractivity contribution in [2.24, 2.45) is 0 Å². The van der Waals surface area contributed by atoms with Crippen molar-refractivity contribution >= 4 is 17.5 Å². The number of amides is 1. The van der Waals surface area contributed by atoms with Gasteiger partial charge in [-0.3, -0.25) is 9.48 Å². The molecule has 25 heavy (non-hydrogen) atoms. The second kappa shape index (κ2) is 8.42. The minimum absolute atomic E-state index is 0.0202. The fourth-order valence-electron chi connectivity index (χ4n) is 3.13. The van der Waals surface area contributed by atoms with Gasteiger partial charge in [-0.05, 0) is 18.1 Å². The maximum atomic E-state index is 12.8. The van der Waals surface area contributed by atoms with E-state index in [1.807, 2.05) is 18.2 Å². The van der Waals surface area contributed by atoms with Gasteiger partial charge in [0.05, 0.1) is 19.3 Å². The topological polar surface area (TPSA) is 80.5 Å². The standard InChI is InChI=1S/C17H21ClN4O3/c18-14-5-2-1-4-13(14)17-15(10-23)25-9-8-22(17)16(24)6-3-7-21-12-19-11-20-21/h1-2,4-5,11-12,15,17,23H,3,6-10H2/t15-,17-/m0/s1. The molecule has 2 atom stereocenters. The zero-order valence-corrected chi connectivity index (χ0v) is 14.5. The highest BCUT2D eigenvalue weighted by Crippen LogP contribution is 2.34. The van der Waals surface area contributed by atoms with Crippen LogP contribution in [0.25, 0.3) is 0 Å². The summed E-state index contributed by atoms with van der Waals surface area (Å²) in [6.45, 7) is 1.35. The molecule has 1 aliphatic heterocycles. The number of carbonyl (C=O) groups is 1. The molecule has 0 spiro atoms. The number of halogens is 1. The van der Waals surface area contributed by atoms with E-state index in [1.165, 1.54) is 6.33 Å². The molecule has 0 aliphatic carbocycles. The van der Waals surface area contributed by atoms with Crippen molar-refractivity contribution in [2.45, 2.75) is 31.5 Å². The van der Waals surface area contributed by atoms with Crippen LogP contribution >= 0.6 is 11.6 Å². The summed E-state index contributed by atoms with van der Waals surface area (Å²) in [5.74, 6) is 0.0202. The lowest BCUT2D eigenvalue weighted by molar-refractivity contribution is -0.150. The Morgan fingerprint density at radius 1 is 1.40 bits per heavy atom. The summed E-state index contributed by atoms with van der Waals surface area (Å²) < 4.78 is 7.37. The first kappa shape index (κ1) is 17.8. The summed E-state index contributed by atoms with van der Waals surface area (Å²) in [5.41, 5.74) is 0.799. The Kier molecular flexibility index (Phi) is 6.01. The predicted molar refractivity (Wildman–Crippen MR) is 92.0 cm³/mol. The summed E-state index contributed by atoms with van der Waals surface area (Å²) in [6, 6.07) is 6.99. The van der Waals surface area contributed by atoms with Gasteiger partial charge >= 0.3 is 0 Å². The van der Waals surface area contributed by atoms with E-state index in [1.54, 1.807) is 22.0 Å². The summed E-state index contributed by atoms with van der Waals surface area (Å²) >= 11 is 6.33. The van der Waals surface area contributed by atoms with Gasteiger partial charge in [0.25, 0.3) is 0 Å². The molecule has 1 fully saturated rings. The molecule has 0 saturated carbocycles. The molecule has 0 radical (unpaired) electrons. The van der Waals surface area contributed by atoms with Crippen LogP contribution in [0.5, 0.6) is 0 Å². The summed E-state index contributed by atoms with van der Waals surface area (Å²) in [4.78, 5) is 18.4. The molecule has 1 saturated heterocycles. The molecule has 3 rings (SSSR count). The van der Waals surface area contributed by atoms with E-state index in [0.717, 1.165) is 5.56 Å². The van der Waals surface area contributed by atoms with E-state index in [4.69, 9.17) is 16.3 Å². The molecule has 0 unspecified atom stereocenters. The maximum absolute atomic E-state index is 12.8. The van der Waals surface area contributed by atoms with Crippen molar-refractivity contribution in [3.63, 3.8) is 0 Å². The Labute approximate surface area is 151 Å². The molecule has 8 heteroatoms. The number of aryl methyl sites for hydroxylation is 1. The maximum Gasteiger partial charge on any atom is 0.223 e. The first-order valence-electron chi connectivity index (χ1n) is 8.29. The fraction of sp³-hybridized carbons (Fsp3) is 0.471. The monoisotopic (exact) mass is 364 g/mol. The number of benzene rings is 1. The third-order valence-electron chi connectivity index (χ3n) is 4.32. The molecule has 1 aromatic carbocycles. The summed E-state index contributed by atoms with van der Waals surface area (Å²) in [6.07, 6.45) is 3.68. The van der Waals surface area contributed by atoms with Crippen LogP contribution in [0.3, 0.4) is 0 Å². The third kappa shape index (κ3) is 4.18. The highest BCUT2D eigenvalue weighted by Gasteiger charge is 2.36. The van der Waals surface area contributed by atoms with Crippen LogP contribution in [0.15, 0.2) is 36.9 Å². The van der Waals surface area contributed by atoms with Crippen LogP contribution in [-0.4, -0.2) is 56.5 Å². The number of ether oxygens (including phenoxy) is 1. The van der Waals surface area contributed by atoms with Gasteiger partial charge in [-0.2, -0.15) is 5.10 Å². The van der Waals surface area contributed by atoms with Crippen LogP contribution in [0.4, 0.5) is 0 Å².